The normalized spacial score (nSPS) is 10.5. The minimum absolute atomic E-state index is 0.752. The molecular weight excluding hydrogens is 280 g/mol. The molecule has 4 nitrogen and oxygen atoms in total. The Balaban J connectivity index is 2.31. The topological polar surface area (TPSA) is 36.9 Å². The van der Waals surface area contributed by atoms with E-state index in [1.165, 1.54) is 0 Å². The minimum atomic E-state index is 0.752. The zero-order valence-electron chi connectivity index (χ0n) is 13.3. The Morgan fingerprint density at radius 3 is 1.00 bits per heavy atom. The second kappa shape index (κ2) is 7.41. The van der Waals surface area contributed by atoms with E-state index in [1.54, 1.807) is 28.4 Å². The lowest BCUT2D eigenvalue weighted by atomic mass is 10.1. The Morgan fingerprint density at radius 1 is 0.500 bits per heavy atom. The summed E-state index contributed by atoms with van der Waals surface area (Å²) in [7, 11) is 6.54. The number of hydrogen-bond acceptors (Lipinski definition) is 4. The van der Waals surface area contributed by atoms with Gasteiger partial charge in [-0.1, -0.05) is 12.2 Å². The van der Waals surface area contributed by atoms with Crippen LogP contribution in [0.3, 0.4) is 0 Å². The summed E-state index contributed by atoms with van der Waals surface area (Å²) < 4.78 is 21.1. The average Bonchev–Trinajstić information content (AvgIpc) is 2.59. The van der Waals surface area contributed by atoms with Crippen molar-refractivity contribution in [2.24, 2.45) is 0 Å². The number of hydrogen-bond donors (Lipinski definition) is 0. The Hall–Kier alpha value is -2.62. The van der Waals surface area contributed by atoms with Crippen molar-refractivity contribution in [3.8, 4) is 23.0 Å². The molecule has 2 aromatic carbocycles. The summed E-state index contributed by atoms with van der Waals surface area (Å²) in [6, 6.07) is 11.4. The third-order valence-electron chi connectivity index (χ3n) is 3.22. The van der Waals surface area contributed by atoms with Gasteiger partial charge >= 0.3 is 0 Å². The summed E-state index contributed by atoms with van der Waals surface area (Å²) in [5.41, 5.74) is 1.97. The highest BCUT2D eigenvalue weighted by Gasteiger charge is 2.01. The van der Waals surface area contributed by atoms with Gasteiger partial charge in [-0.05, 0) is 35.4 Å². The first-order valence-corrected chi connectivity index (χ1v) is 6.82. The van der Waals surface area contributed by atoms with Crippen LogP contribution in [-0.4, -0.2) is 28.4 Å². The zero-order chi connectivity index (χ0) is 15.9. The van der Waals surface area contributed by atoms with Crippen LogP contribution < -0.4 is 18.9 Å². The van der Waals surface area contributed by atoms with Crippen molar-refractivity contribution >= 4 is 12.2 Å². The summed E-state index contributed by atoms with van der Waals surface area (Å²) in [5, 5.41) is 0. The van der Waals surface area contributed by atoms with E-state index >= 15 is 0 Å². The van der Waals surface area contributed by atoms with Crippen molar-refractivity contribution in [1.82, 2.24) is 0 Å². The van der Waals surface area contributed by atoms with E-state index in [4.69, 9.17) is 18.9 Å². The van der Waals surface area contributed by atoms with E-state index < -0.39 is 0 Å². The van der Waals surface area contributed by atoms with Crippen LogP contribution in [0.15, 0.2) is 36.4 Å². The SMILES string of the molecule is COc1cc(/C=C\c2cc(OC)cc(OC)c2)cc(OC)c1. The predicted molar refractivity (Wildman–Crippen MR) is 88.0 cm³/mol. The second-order valence-electron chi connectivity index (χ2n) is 4.63. The molecule has 22 heavy (non-hydrogen) atoms. The molecule has 0 heterocycles. The quantitative estimate of drug-likeness (QED) is 0.758. The molecule has 0 amide bonds. The van der Waals surface area contributed by atoms with E-state index in [-0.39, 0.29) is 0 Å². The third-order valence-corrected chi connectivity index (χ3v) is 3.22. The molecule has 0 aliphatic carbocycles. The first kappa shape index (κ1) is 15.8. The van der Waals surface area contributed by atoms with E-state index in [2.05, 4.69) is 0 Å². The van der Waals surface area contributed by atoms with Gasteiger partial charge in [0.15, 0.2) is 0 Å². The molecule has 0 spiro atoms. The summed E-state index contributed by atoms with van der Waals surface area (Å²) in [6.07, 6.45) is 3.97. The summed E-state index contributed by atoms with van der Waals surface area (Å²) in [5.74, 6) is 3.01. The van der Waals surface area contributed by atoms with Gasteiger partial charge in [-0.3, -0.25) is 0 Å². The number of ether oxygens (including phenoxy) is 4. The fourth-order valence-electron chi connectivity index (χ4n) is 2.04. The monoisotopic (exact) mass is 300 g/mol. The van der Waals surface area contributed by atoms with Crippen molar-refractivity contribution in [1.29, 1.82) is 0 Å². The first-order valence-electron chi connectivity index (χ1n) is 6.82. The molecule has 0 bridgehead atoms. The summed E-state index contributed by atoms with van der Waals surface area (Å²) in [6.45, 7) is 0. The van der Waals surface area contributed by atoms with Crippen molar-refractivity contribution < 1.29 is 18.9 Å². The van der Waals surface area contributed by atoms with Crippen molar-refractivity contribution in [2.75, 3.05) is 28.4 Å². The fourth-order valence-corrected chi connectivity index (χ4v) is 2.04. The molecule has 0 unspecified atom stereocenters. The van der Waals surface area contributed by atoms with Gasteiger partial charge in [0.2, 0.25) is 0 Å². The molecule has 0 aliphatic heterocycles. The van der Waals surface area contributed by atoms with Gasteiger partial charge in [0.1, 0.15) is 23.0 Å². The standard InChI is InChI=1S/C18H20O4/c1-19-15-7-13(8-16(11-15)20-2)5-6-14-9-17(21-3)12-18(10-14)22-4/h5-12H,1-4H3/b6-5-. The van der Waals surface area contributed by atoms with Gasteiger partial charge in [0, 0.05) is 12.1 Å². The lowest BCUT2D eigenvalue weighted by Gasteiger charge is -2.07. The third kappa shape index (κ3) is 3.95. The highest BCUT2D eigenvalue weighted by molar-refractivity contribution is 5.72. The molecule has 2 aromatic rings. The van der Waals surface area contributed by atoms with Crippen LogP contribution in [0.2, 0.25) is 0 Å². The van der Waals surface area contributed by atoms with Gasteiger partial charge in [0.25, 0.3) is 0 Å². The Labute approximate surface area is 130 Å². The Bertz CT molecular complexity index is 560. The molecule has 4 heteroatoms. The number of methoxy groups -OCH3 is 4. The second-order valence-corrected chi connectivity index (χ2v) is 4.63. The average molecular weight is 300 g/mol. The van der Waals surface area contributed by atoms with Crippen LogP contribution in [0.25, 0.3) is 12.2 Å². The molecule has 0 aliphatic rings. The largest absolute Gasteiger partial charge is 0.497 e. The molecule has 116 valence electrons. The molecule has 2 rings (SSSR count). The molecule has 0 atom stereocenters. The van der Waals surface area contributed by atoms with Crippen LogP contribution in [0.4, 0.5) is 0 Å². The lowest BCUT2D eigenvalue weighted by Crippen LogP contribution is -1.89. The minimum Gasteiger partial charge on any atom is -0.497 e. The van der Waals surface area contributed by atoms with Crippen LogP contribution in [0, 0.1) is 0 Å². The highest BCUT2D eigenvalue weighted by Crippen LogP contribution is 2.26. The van der Waals surface area contributed by atoms with E-state index in [0.717, 1.165) is 34.1 Å². The molecule has 0 radical (unpaired) electrons. The Morgan fingerprint density at radius 2 is 0.773 bits per heavy atom. The maximum atomic E-state index is 5.27. The Kier molecular flexibility index (Phi) is 5.31. The summed E-state index contributed by atoms with van der Waals surface area (Å²) in [4.78, 5) is 0. The summed E-state index contributed by atoms with van der Waals surface area (Å²) >= 11 is 0. The zero-order valence-corrected chi connectivity index (χ0v) is 13.3. The molecule has 0 fully saturated rings. The van der Waals surface area contributed by atoms with Crippen LogP contribution in [0.1, 0.15) is 11.1 Å². The van der Waals surface area contributed by atoms with Gasteiger partial charge in [-0.15, -0.1) is 0 Å². The lowest BCUT2D eigenvalue weighted by molar-refractivity contribution is 0.394. The van der Waals surface area contributed by atoms with Gasteiger partial charge in [-0.25, -0.2) is 0 Å². The van der Waals surface area contributed by atoms with Crippen LogP contribution >= 0.6 is 0 Å². The van der Waals surface area contributed by atoms with Crippen LogP contribution in [0.5, 0.6) is 23.0 Å². The van der Waals surface area contributed by atoms with Gasteiger partial charge in [0.05, 0.1) is 28.4 Å². The predicted octanol–water partition coefficient (Wildman–Crippen LogP) is 3.89. The van der Waals surface area contributed by atoms with Gasteiger partial charge in [-0.2, -0.15) is 0 Å². The maximum Gasteiger partial charge on any atom is 0.123 e. The van der Waals surface area contributed by atoms with Crippen molar-refractivity contribution in [2.45, 2.75) is 0 Å². The smallest absolute Gasteiger partial charge is 0.123 e. The number of benzene rings is 2. The van der Waals surface area contributed by atoms with E-state index in [0.29, 0.717) is 0 Å². The molecule has 0 saturated carbocycles. The molecule has 0 aromatic heterocycles. The molecule has 0 N–H and O–H groups in total. The van der Waals surface area contributed by atoms with Crippen molar-refractivity contribution in [3.63, 3.8) is 0 Å². The van der Waals surface area contributed by atoms with Crippen molar-refractivity contribution in [3.05, 3.63) is 47.5 Å². The highest BCUT2D eigenvalue weighted by atomic mass is 16.5. The number of rotatable bonds is 6. The van der Waals surface area contributed by atoms with Crippen LogP contribution in [-0.2, 0) is 0 Å². The molecule has 0 saturated heterocycles. The first-order chi connectivity index (χ1) is 10.7. The van der Waals surface area contributed by atoms with E-state index in [9.17, 15) is 0 Å². The molecular formula is C18H20O4. The van der Waals surface area contributed by atoms with E-state index in [1.807, 2.05) is 48.6 Å². The maximum absolute atomic E-state index is 5.27. The fraction of sp³-hybridized carbons (Fsp3) is 0.222. The van der Waals surface area contributed by atoms with Gasteiger partial charge < -0.3 is 18.9 Å².